The van der Waals surface area contributed by atoms with E-state index in [1.165, 1.54) is 11.3 Å². The number of hydrogen-bond donors (Lipinski definition) is 2. The number of amides is 1. The lowest BCUT2D eigenvalue weighted by molar-refractivity contribution is -0.148. The lowest BCUT2D eigenvalue weighted by Gasteiger charge is -2.27. The summed E-state index contributed by atoms with van der Waals surface area (Å²) < 4.78 is 5.43. The quantitative estimate of drug-likeness (QED) is 0.481. The van der Waals surface area contributed by atoms with E-state index in [9.17, 15) is 19.5 Å². The summed E-state index contributed by atoms with van der Waals surface area (Å²) in [5.41, 5.74) is 1.32. The van der Waals surface area contributed by atoms with Gasteiger partial charge in [0.05, 0.1) is 17.9 Å². The number of fused-ring (bicyclic) bond motifs is 2. The third-order valence-corrected chi connectivity index (χ3v) is 7.74. The number of carbonyl (C=O) groups excluding carboxylic acids is 2. The van der Waals surface area contributed by atoms with Crippen LogP contribution < -0.4 is 5.32 Å². The van der Waals surface area contributed by atoms with Crippen molar-refractivity contribution in [1.82, 2.24) is 0 Å². The number of benzene rings is 1. The number of esters is 1. The second-order valence-corrected chi connectivity index (χ2v) is 10.4. The van der Waals surface area contributed by atoms with Crippen LogP contribution in [0.5, 0.6) is 0 Å². The molecule has 0 aliphatic heterocycles. The smallest absolute Gasteiger partial charge is 0.342 e. The van der Waals surface area contributed by atoms with E-state index in [4.69, 9.17) is 27.9 Å². The fourth-order valence-corrected chi connectivity index (χ4v) is 6.51. The van der Waals surface area contributed by atoms with Crippen molar-refractivity contribution in [3.05, 3.63) is 39.2 Å². The molecule has 2 aromatic rings. The molecule has 2 aliphatic carbocycles. The summed E-state index contributed by atoms with van der Waals surface area (Å²) in [7, 11) is 0. The van der Waals surface area contributed by atoms with Crippen LogP contribution in [0.3, 0.4) is 0 Å². The minimum absolute atomic E-state index is 0.0328. The molecule has 0 spiro atoms. The van der Waals surface area contributed by atoms with Gasteiger partial charge in [0.1, 0.15) is 10.6 Å². The van der Waals surface area contributed by atoms with Crippen molar-refractivity contribution in [3.63, 3.8) is 0 Å². The second-order valence-electron chi connectivity index (χ2n) is 8.64. The molecule has 1 aromatic carbocycles. The van der Waals surface area contributed by atoms with Crippen LogP contribution in [-0.4, -0.2) is 29.1 Å². The summed E-state index contributed by atoms with van der Waals surface area (Å²) in [6.07, 6.45) is 2.09. The molecule has 1 heterocycles. The van der Waals surface area contributed by atoms with Crippen LogP contribution in [-0.2, 0) is 14.3 Å². The number of carbonyl (C=O) groups is 3. The average Bonchev–Trinajstić information content (AvgIpc) is 3.41. The third-order valence-electron chi connectivity index (χ3n) is 6.30. The van der Waals surface area contributed by atoms with Gasteiger partial charge in [-0.1, -0.05) is 29.3 Å². The van der Waals surface area contributed by atoms with E-state index in [2.05, 4.69) is 5.32 Å². The lowest BCUT2D eigenvalue weighted by Crippen LogP contribution is -2.38. The Morgan fingerprint density at radius 3 is 2.44 bits per heavy atom. The maximum absolute atomic E-state index is 13.2. The fraction of sp³-hybridized carbons (Fsp3) is 0.435. The van der Waals surface area contributed by atoms with Gasteiger partial charge in [0.15, 0.2) is 0 Å². The second kappa shape index (κ2) is 9.04. The Hall–Kier alpha value is -2.09. The number of carboxylic acids is 1. The van der Waals surface area contributed by atoms with Crippen molar-refractivity contribution in [3.8, 4) is 11.1 Å². The van der Waals surface area contributed by atoms with Gasteiger partial charge in [-0.15, -0.1) is 11.3 Å². The predicted octanol–water partition coefficient (Wildman–Crippen LogP) is 5.97. The Morgan fingerprint density at radius 1 is 1.12 bits per heavy atom. The zero-order valence-electron chi connectivity index (χ0n) is 17.6. The Bertz CT molecular complexity index is 1080. The number of aliphatic carboxylic acids is 1. The number of anilines is 1. The van der Waals surface area contributed by atoms with E-state index in [1.54, 1.807) is 37.4 Å². The SMILES string of the molecule is CC(C)OC(=O)c1c(-c2ccc(Cl)cc2Cl)csc1NC(=O)[C@H]1[C@@H]2CC[C@@H](C2)[C@@H]1C(=O)O. The lowest BCUT2D eigenvalue weighted by atomic mass is 9.78. The van der Waals surface area contributed by atoms with E-state index in [-0.39, 0.29) is 29.4 Å². The Balaban J connectivity index is 1.69. The molecule has 4 atom stereocenters. The molecule has 2 fully saturated rings. The highest BCUT2D eigenvalue weighted by Gasteiger charge is 2.54. The molecular weight excluding hydrogens is 473 g/mol. The Morgan fingerprint density at radius 2 is 1.81 bits per heavy atom. The first kappa shape index (κ1) is 23.1. The van der Waals surface area contributed by atoms with E-state index in [1.807, 2.05) is 0 Å². The van der Waals surface area contributed by atoms with E-state index >= 15 is 0 Å². The minimum atomic E-state index is -0.934. The van der Waals surface area contributed by atoms with Crippen molar-refractivity contribution in [2.24, 2.45) is 23.7 Å². The van der Waals surface area contributed by atoms with Crippen LogP contribution >= 0.6 is 34.5 Å². The molecule has 0 radical (unpaired) electrons. The molecule has 9 heteroatoms. The highest BCUT2D eigenvalue weighted by molar-refractivity contribution is 7.15. The molecule has 1 aromatic heterocycles. The van der Waals surface area contributed by atoms with Crippen molar-refractivity contribution < 1.29 is 24.2 Å². The monoisotopic (exact) mass is 495 g/mol. The molecule has 2 saturated carbocycles. The molecular formula is C23H23Cl2NO5S. The van der Waals surface area contributed by atoms with E-state index in [0.717, 1.165) is 19.3 Å². The first-order valence-electron chi connectivity index (χ1n) is 10.5. The summed E-state index contributed by atoms with van der Waals surface area (Å²) in [6.45, 7) is 3.48. The Kier molecular flexibility index (Phi) is 6.52. The summed E-state index contributed by atoms with van der Waals surface area (Å²) in [6, 6.07) is 4.96. The fourth-order valence-electron chi connectivity index (χ4n) is 5.05. The van der Waals surface area contributed by atoms with E-state index < -0.39 is 23.8 Å². The van der Waals surface area contributed by atoms with Gasteiger partial charge in [-0.3, -0.25) is 9.59 Å². The number of halogens is 2. The largest absolute Gasteiger partial charge is 0.481 e. The standard InChI is InChI=1S/C23H23Cl2NO5S/c1-10(2)31-23(30)19-15(14-6-5-13(24)8-16(14)25)9-32-21(19)26-20(27)17-11-3-4-12(7-11)18(17)22(28)29/h5-6,8-12,17-18H,3-4,7H2,1-2H3,(H,26,27)(H,28,29)/t11-,12+,17+,18+/m1/s1. The maximum Gasteiger partial charge on any atom is 0.342 e. The van der Waals surface area contributed by atoms with Crippen LogP contribution in [0.4, 0.5) is 5.00 Å². The van der Waals surface area contributed by atoms with Gasteiger partial charge in [-0.25, -0.2) is 4.79 Å². The highest BCUT2D eigenvalue weighted by Crippen LogP contribution is 2.53. The van der Waals surface area contributed by atoms with Crippen LogP contribution in [0.15, 0.2) is 23.6 Å². The zero-order chi connectivity index (χ0) is 23.2. The number of ether oxygens (including phenoxy) is 1. The Labute approximate surface area is 199 Å². The van der Waals surface area contributed by atoms with Gasteiger partial charge in [-0.05, 0) is 57.1 Å². The molecule has 1 amide bonds. The average molecular weight is 496 g/mol. The van der Waals surface area contributed by atoms with Crippen molar-refractivity contribution in [2.75, 3.05) is 5.32 Å². The van der Waals surface area contributed by atoms with Gasteiger partial charge in [0.2, 0.25) is 5.91 Å². The summed E-state index contributed by atoms with van der Waals surface area (Å²) in [5.74, 6) is -3.09. The van der Waals surface area contributed by atoms with Crippen molar-refractivity contribution >= 4 is 57.4 Å². The molecule has 170 valence electrons. The van der Waals surface area contributed by atoms with Gasteiger partial charge < -0.3 is 15.2 Å². The summed E-state index contributed by atoms with van der Waals surface area (Å²) in [5, 5.41) is 15.4. The summed E-state index contributed by atoms with van der Waals surface area (Å²) >= 11 is 13.6. The topological polar surface area (TPSA) is 92.7 Å². The number of thiophene rings is 1. The van der Waals surface area contributed by atoms with Crippen molar-refractivity contribution in [2.45, 2.75) is 39.2 Å². The first-order chi connectivity index (χ1) is 15.2. The number of nitrogens with one attached hydrogen (secondary N) is 1. The van der Waals surface area contributed by atoms with Gasteiger partial charge >= 0.3 is 11.9 Å². The van der Waals surface area contributed by atoms with Crippen LogP contribution in [0, 0.1) is 23.7 Å². The predicted molar refractivity (Wildman–Crippen MR) is 124 cm³/mol. The van der Waals surface area contributed by atoms with Gasteiger partial charge in [0, 0.05) is 26.6 Å². The number of hydrogen-bond acceptors (Lipinski definition) is 5. The zero-order valence-corrected chi connectivity index (χ0v) is 19.9. The van der Waals surface area contributed by atoms with Crippen LogP contribution in [0.25, 0.3) is 11.1 Å². The van der Waals surface area contributed by atoms with E-state index in [0.29, 0.717) is 26.2 Å². The molecule has 0 saturated heterocycles. The molecule has 6 nitrogen and oxygen atoms in total. The van der Waals surface area contributed by atoms with Crippen LogP contribution in [0.2, 0.25) is 10.0 Å². The first-order valence-corrected chi connectivity index (χ1v) is 12.1. The molecule has 2 bridgehead atoms. The third kappa shape index (κ3) is 4.26. The molecule has 2 aliphatic rings. The van der Waals surface area contributed by atoms with Crippen LogP contribution in [0.1, 0.15) is 43.5 Å². The summed E-state index contributed by atoms with van der Waals surface area (Å²) in [4.78, 5) is 38.0. The molecule has 2 N–H and O–H groups in total. The number of rotatable bonds is 6. The van der Waals surface area contributed by atoms with Gasteiger partial charge in [-0.2, -0.15) is 0 Å². The van der Waals surface area contributed by atoms with Gasteiger partial charge in [0.25, 0.3) is 0 Å². The van der Waals surface area contributed by atoms with Crippen molar-refractivity contribution in [1.29, 1.82) is 0 Å². The molecule has 32 heavy (non-hydrogen) atoms. The normalized spacial score (nSPS) is 24.0. The highest BCUT2D eigenvalue weighted by atomic mass is 35.5. The minimum Gasteiger partial charge on any atom is -0.481 e. The number of carboxylic acid groups (broad SMARTS) is 1. The molecule has 4 rings (SSSR count). The molecule has 0 unspecified atom stereocenters. The maximum atomic E-state index is 13.2.